The summed E-state index contributed by atoms with van der Waals surface area (Å²) in [7, 11) is 0. The van der Waals surface area contributed by atoms with Crippen molar-refractivity contribution in [3.63, 3.8) is 0 Å². The molecule has 3 rings (SSSR count). The van der Waals surface area contributed by atoms with Gasteiger partial charge in [-0.1, -0.05) is 24.3 Å². The lowest BCUT2D eigenvalue weighted by molar-refractivity contribution is -0.116. The maximum Gasteiger partial charge on any atom is 0.224 e. The first-order valence-electron chi connectivity index (χ1n) is 6.57. The van der Waals surface area contributed by atoms with E-state index in [0.29, 0.717) is 22.9 Å². The van der Waals surface area contributed by atoms with Crippen molar-refractivity contribution in [3.8, 4) is 0 Å². The zero-order valence-corrected chi connectivity index (χ0v) is 13.3. The van der Waals surface area contributed by atoms with Gasteiger partial charge in [-0.25, -0.2) is 4.39 Å². The lowest BCUT2D eigenvalue weighted by atomic mass is 9.97. The monoisotopic (exact) mass is 367 g/mol. The van der Waals surface area contributed by atoms with Crippen LogP contribution in [0.4, 0.5) is 10.1 Å². The number of carbonyl (C=O) groups excluding carboxylic acids is 1. The Bertz CT molecular complexity index is 719. The number of anilines is 1. The second-order valence-electron chi connectivity index (χ2n) is 4.97. The summed E-state index contributed by atoms with van der Waals surface area (Å²) in [6.45, 7) is 0. The Balaban J connectivity index is 1.97. The highest BCUT2D eigenvalue weighted by molar-refractivity contribution is 9.10. The molecule has 1 atom stereocenters. The van der Waals surface area contributed by atoms with Crippen LogP contribution in [0, 0.1) is 5.82 Å². The van der Waals surface area contributed by atoms with E-state index < -0.39 is 5.38 Å². The molecule has 2 aromatic carbocycles. The highest BCUT2D eigenvalue weighted by Gasteiger charge is 2.20. The van der Waals surface area contributed by atoms with E-state index in [2.05, 4.69) is 21.2 Å². The molecule has 2 aromatic rings. The summed E-state index contributed by atoms with van der Waals surface area (Å²) in [5.41, 5.74) is 3.47. The predicted molar refractivity (Wildman–Crippen MR) is 85.2 cm³/mol. The van der Waals surface area contributed by atoms with Crippen LogP contribution in [0.25, 0.3) is 0 Å². The zero-order chi connectivity index (χ0) is 15.0. The van der Waals surface area contributed by atoms with E-state index >= 15 is 0 Å². The van der Waals surface area contributed by atoms with E-state index in [-0.39, 0.29) is 11.7 Å². The number of carbonyl (C=O) groups is 1. The summed E-state index contributed by atoms with van der Waals surface area (Å²) >= 11 is 9.74. The van der Waals surface area contributed by atoms with Crippen LogP contribution in [0.15, 0.2) is 40.9 Å². The van der Waals surface area contributed by atoms with Crippen LogP contribution in [0.5, 0.6) is 0 Å². The van der Waals surface area contributed by atoms with Crippen molar-refractivity contribution in [2.75, 3.05) is 5.32 Å². The summed E-state index contributed by atoms with van der Waals surface area (Å²) in [6, 6.07) is 10.5. The summed E-state index contributed by atoms with van der Waals surface area (Å²) in [4.78, 5) is 11.4. The molecule has 1 amide bonds. The molecule has 0 aromatic heterocycles. The topological polar surface area (TPSA) is 29.1 Å². The van der Waals surface area contributed by atoms with Crippen LogP contribution in [0.1, 0.15) is 28.5 Å². The lowest BCUT2D eigenvalue weighted by Crippen LogP contribution is -2.19. The second-order valence-corrected chi connectivity index (χ2v) is 6.20. The highest BCUT2D eigenvalue weighted by Crippen LogP contribution is 2.37. The second kappa shape index (κ2) is 5.78. The fourth-order valence-electron chi connectivity index (χ4n) is 2.46. The van der Waals surface area contributed by atoms with Gasteiger partial charge in [-0.2, -0.15) is 0 Å². The van der Waals surface area contributed by atoms with Gasteiger partial charge in [0.2, 0.25) is 5.91 Å². The molecule has 0 aliphatic carbocycles. The molecule has 108 valence electrons. The average Bonchev–Trinajstić information content (AvgIpc) is 2.49. The fraction of sp³-hybridized carbons (Fsp3) is 0.188. The molecule has 2 nitrogen and oxygen atoms in total. The number of benzene rings is 2. The molecule has 21 heavy (non-hydrogen) atoms. The van der Waals surface area contributed by atoms with Gasteiger partial charge in [0.1, 0.15) is 5.82 Å². The number of halogens is 3. The Morgan fingerprint density at radius 1 is 1.24 bits per heavy atom. The SMILES string of the molecule is O=C1CCc2cc(C(Cl)c3cccc(F)c3Br)ccc2N1. The molecule has 0 saturated carbocycles. The third-order valence-electron chi connectivity index (χ3n) is 3.57. The number of fused-ring (bicyclic) bond motifs is 1. The number of nitrogens with one attached hydrogen (secondary N) is 1. The summed E-state index contributed by atoms with van der Waals surface area (Å²) in [5, 5.41) is 2.39. The normalized spacial score (nSPS) is 15.3. The fourth-order valence-corrected chi connectivity index (χ4v) is 3.40. The zero-order valence-electron chi connectivity index (χ0n) is 11.0. The van der Waals surface area contributed by atoms with Crippen LogP contribution >= 0.6 is 27.5 Å². The molecule has 1 N–H and O–H groups in total. The quantitative estimate of drug-likeness (QED) is 0.758. The molecule has 0 spiro atoms. The number of hydrogen-bond donors (Lipinski definition) is 1. The van der Waals surface area contributed by atoms with E-state index in [9.17, 15) is 9.18 Å². The number of rotatable bonds is 2. The minimum Gasteiger partial charge on any atom is -0.326 e. The van der Waals surface area contributed by atoms with Gasteiger partial charge in [-0.15, -0.1) is 11.6 Å². The predicted octanol–water partition coefficient (Wildman–Crippen LogP) is 4.80. The van der Waals surface area contributed by atoms with Crippen LogP contribution in [0.2, 0.25) is 0 Å². The molecule has 1 heterocycles. The minimum absolute atomic E-state index is 0.0329. The molecule has 0 bridgehead atoms. The summed E-state index contributed by atoms with van der Waals surface area (Å²) in [6.07, 6.45) is 1.18. The maximum absolute atomic E-state index is 13.6. The highest BCUT2D eigenvalue weighted by atomic mass is 79.9. The first-order chi connectivity index (χ1) is 10.1. The molecule has 1 unspecified atom stereocenters. The molecular weight excluding hydrogens is 357 g/mol. The Labute approximate surface area is 135 Å². The third kappa shape index (κ3) is 2.83. The van der Waals surface area contributed by atoms with Gasteiger partial charge < -0.3 is 5.32 Å². The van der Waals surface area contributed by atoms with Crippen molar-refractivity contribution in [1.82, 2.24) is 0 Å². The largest absolute Gasteiger partial charge is 0.326 e. The maximum atomic E-state index is 13.6. The van der Waals surface area contributed by atoms with E-state index in [1.165, 1.54) is 6.07 Å². The number of aryl methyl sites for hydroxylation is 1. The van der Waals surface area contributed by atoms with Gasteiger partial charge in [0.05, 0.1) is 9.85 Å². The molecule has 0 saturated heterocycles. The standard InChI is InChI=1S/C16H12BrClFNO/c17-15-11(2-1-3-12(15)19)16(18)10-4-6-13-9(8-10)5-7-14(21)20-13/h1-4,6,8,16H,5,7H2,(H,20,21). The van der Waals surface area contributed by atoms with Gasteiger partial charge in [0.15, 0.2) is 0 Å². The number of hydrogen-bond acceptors (Lipinski definition) is 1. The van der Waals surface area contributed by atoms with Gasteiger partial charge in [0, 0.05) is 12.1 Å². The summed E-state index contributed by atoms with van der Waals surface area (Å²) in [5.74, 6) is -0.297. The van der Waals surface area contributed by atoms with Crippen LogP contribution in [-0.2, 0) is 11.2 Å². The van der Waals surface area contributed by atoms with E-state index in [0.717, 1.165) is 16.8 Å². The molecule has 0 radical (unpaired) electrons. The van der Waals surface area contributed by atoms with Crippen molar-refractivity contribution in [3.05, 3.63) is 63.4 Å². The molecule has 0 fully saturated rings. The van der Waals surface area contributed by atoms with Crippen molar-refractivity contribution in [2.45, 2.75) is 18.2 Å². The van der Waals surface area contributed by atoms with Crippen molar-refractivity contribution in [2.24, 2.45) is 0 Å². The molecule has 1 aliphatic rings. The molecule has 1 aliphatic heterocycles. The van der Waals surface area contributed by atoms with Crippen molar-refractivity contribution < 1.29 is 9.18 Å². The van der Waals surface area contributed by atoms with Crippen LogP contribution < -0.4 is 5.32 Å². The van der Waals surface area contributed by atoms with Crippen molar-refractivity contribution >= 4 is 39.1 Å². The van der Waals surface area contributed by atoms with E-state index in [1.807, 2.05) is 18.2 Å². The number of amides is 1. The first kappa shape index (κ1) is 14.5. The Morgan fingerprint density at radius 3 is 2.86 bits per heavy atom. The Kier molecular flexibility index (Phi) is 4.00. The van der Waals surface area contributed by atoms with Gasteiger partial charge >= 0.3 is 0 Å². The van der Waals surface area contributed by atoms with Gasteiger partial charge in [-0.3, -0.25) is 4.79 Å². The van der Waals surface area contributed by atoms with Gasteiger partial charge in [-0.05, 0) is 51.2 Å². The van der Waals surface area contributed by atoms with Crippen LogP contribution in [0.3, 0.4) is 0 Å². The molecular formula is C16H12BrClFNO. The molecule has 5 heteroatoms. The van der Waals surface area contributed by atoms with Gasteiger partial charge in [0.25, 0.3) is 0 Å². The Hall–Kier alpha value is -1.39. The average molecular weight is 369 g/mol. The minimum atomic E-state index is -0.446. The third-order valence-corrected chi connectivity index (χ3v) is 4.90. The smallest absolute Gasteiger partial charge is 0.224 e. The summed E-state index contributed by atoms with van der Waals surface area (Å²) < 4.78 is 14.0. The van der Waals surface area contributed by atoms with Crippen LogP contribution in [-0.4, -0.2) is 5.91 Å². The van der Waals surface area contributed by atoms with Crippen molar-refractivity contribution in [1.29, 1.82) is 0 Å². The lowest BCUT2D eigenvalue weighted by Gasteiger charge is -2.19. The van der Waals surface area contributed by atoms with E-state index in [1.54, 1.807) is 12.1 Å². The van der Waals surface area contributed by atoms with E-state index in [4.69, 9.17) is 11.6 Å². The first-order valence-corrected chi connectivity index (χ1v) is 7.80. The Morgan fingerprint density at radius 2 is 2.05 bits per heavy atom. The number of alkyl halides is 1.